The van der Waals surface area contributed by atoms with Crippen LogP contribution in [-0.4, -0.2) is 15.7 Å². The van der Waals surface area contributed by atoms with E-state index in [0.29, 0.717) is 5.92 Å². The molecule has 0 amide bonds. The molecule has 0 unspecified atom stereocenters. The first-order valence-corrected chi connectivity index (χ1v) is 17.4. The second-order valence-corrected chi connectivity index (χ2v) is 13.1. The maximum atomic E-state index is 5.30. The van der Waals surface area contributed by atoms with Crippen LogP contribution in [-0.2, 0) is 6.42 Å². The Bertz CT molecular complexity index is 2380. The molecule has 3 heterocycles. The molecule has 0 fully saturated rings. The highest BCUT2D eigenvalue weighted by atomic mass is 14.8. The lowest BCUT2D eigenvalue weighted by Crippen LogP contribution is -2.20. The summed E-state index contributed by atoms with van der Waals surface area (Å²) in [5.74, 6) is 0.388. The van der Waals surface area contributed by atoms with Gasteiger partial charge in [-0.15, -0.1) is 0 Å². The fourth-order valence-electron chi connectivity index (χ4n) is 7.33. The Hall–Kier alpha value is -6.19. The predicted octanol–water partition coefficient (Wildman–Crippen LogP) is 12.1. The first-order chi connectivity index (χ1) is 24.8. The van der Waals surface area contributed by atoms with E-state index in [1.165, 1.54) is 22.4 Å². The van der Waals surface area contributed by atoms with Crippen LogP contribution in [0.1, 0.15) is 18.4 Å². The topological polar surface area (TPSA) is 38.1 Å². The van der Waals surface area contributed by atoms with Crippen LogP contribution >= 0.6 is 0 Å². The fourth-order valence-corrected chi connectivity index (χ4v) is 7.33. The average Bonchev–Trinajstić information content (AvgIpc) is 3.18. The van der Waals surface area contributed by atoms with Gasteiger partial charge < -0.3 is 0 Å². The van der Waals surface area contributed by atoms with Gasteiger partial charge in [0.25, 0.3) is 0 Å². The summed E-state index contributed by atoms with van der Waals surface area (Å²) in [6.07, 6.45) is 11.8. The molecule has 2 aromatic heterocycles. The van der Waals surface area contributed by atoms with E-state index in [0.717, 1.165) is 80.8 Å². The number of hydrogen-bond donors (Lipinski definition) is 0. The van der Waals surface area contributed by atoms with Gasteiger partial charge in [-0.2, -0.15) is 0 Å². The molecule has 0 spiro atoms. The molecule has 1 aliphatic carbocycles. The highest BCUT2D eigenvalue weighted by Gasteiger charge is 2.27. The SMILES string of the molecule is C1=C\CC[C@H]2Cc3c(-c4cccc(-c5ccc(-c6cc(-c7ccccc7)nc(-c7ccccc7)c6)cc5)c4)nc4ccccc4c3N=C2\C=C/1. The van der Waals surface area contributed by atoms with Gasteiger partial charge in [-0.3, -0.25) is 4.99 Å². The van der Waals surface area contributed by atoms with Crippen LogP contribution in [0.2, 0.25) is 0 Å². The Labute approximate surface area is 293 Å². The standard InChI is InChI=1S/C47H35N3/c1-2-10-22-42-37(18-5-1)29-41-46(50-43-23-12-11-21-40(43)47(41)49-42)38-20-13-19-36(28-38)32-24-26-33(27-25-32)39-30-44(34-14-6-3-7-15-34)48-45(31-39)35-16-8-4-9-17-35/h1-4,6-17,19-28,30-31,37H,5,18,29H2/b2-1-,22-10-/t37-/m0/s1. The first-order valence-electron chi connectivity index (χ1n) is 17.4. The van der Waals surface area contributed by atoms with Crippen molar-refractivity contribution in [2.45, 2.75) is 19.3 Å². The van der Waals surface area contributed by atoms with Gasteiger partial charge >= 0.3 is 0 Å². The Balaban J connectivity index is 1.10. The van der Waals surface area contributed by atoms with Crippen molar-refractivity contribution in [2.24, 2.45) is 10.9 Å². The van der Waals surface area contributed by atoms with Gasteiger partial charge in [-0.25, -0.2) is 9.97 Å². The molecular weight excluding hydrogens is 607 g/mol. The van der Waals surface area contributed by atoms with E-state index >= 15 is 0 Å². The molecule has 0 bridgehead atoms. The molecule has 1 atom stereocenters. The minimum Gasteiger partial charge on any atom is -0.252 e. The lowest BCUT2D eigenvalue weighted by molar-refractivity contribution is 0.624. The number of allylic oxidation sites excluding steroid dienone is 4. The third-order valence-electron chi connectivity index (χ3n) is 9.92. The molecule has 3 heteroatoms. The van der Waals surface area contributed by atoms with Crippen LogP contribution < -0.4 is 0 Å². The maximum Gasteiger partial charge on any atom is 0.0781 e. The van der Waals surface area contributed by atoms with E-state index in [2.05, 4.69) is 158 Å². The minimum atomic E-state index is 0.388. The first kappa shape index (κ1) is 29.9. The van der Waals surface area contributed by atoms with Gasteiger partial charge in [0.1, 0.15) is 0 Å². The molecule has 50 heavy (non-hydrogen) atoms. The summed E-state index contributed by atoms with van der Waals surface area (Å²) >= 11 is 0. The van der Waals surface area contributed by atoms with Crippen molar-refractivity contribution in [3.8, 4) is 56.0 Å². The molecule has 0 saturated carbocycles. The largest absolute Gasteiger partial charge is 0.252 e. The van der Waals surface area contributed by atoms with Gasteiger partial charge in [-0.05, 0) is 71.9 Å². The average molecular weight is 642 g/mol. The Morgan fingerprint density at radius 1 is 0.500 bits per heavy atom. The Morgan fingerprint density at radius 3 is 1.88 bits per heavy atom. The summed E-state index contributed by atoms with van der Waals surface area (Å²) in [6, 6.07) is 51.4. The van der Waals surface area contributed by atoms with E-state index in [9.17, 15) is 0 Å². The minimum absolute atomic E-state index is 0.388. The molecule has 7 aromatic rings. The molecular formula is C47H35N3. The van der Waals surface area contributed by atoms with Gasteiger partial charge in [0.15, 0.2) is 0 Å². The fraction of sp³-hybridized carbons (Fsp3) is 0.0851. The van der Waals surface area contributed by atoms with Crippen LogP contribution in [0, 0.1) is 5.92 Å². The van der Waals surface area contributed by atoms with Crippen molar-refractivity contribution < 1.29 is 0 Å². The summed E-state index contributed by atoms with van der Waals surface area (Å²) in [4.78, 5) is 15.7. The third kappa shape index (κ3) is 5.77. The molecule has 0 radical (unpaired) electrons. The monoisotopic (exact) mass is 641 g/mol. The van der Waals surface area contributed by atoms with Crippen molar-refractivity contribution in [1.29, 1.82) is 0 Å². The zero-order valence-corrected chi connectivity index (χ0v) is 27.7. The quantitative estimate of drug-likeness (QED) is 0.188. The summed E-state index contributed by atoms with van der Waals surface area (Å²) in [7, 11) is 0. The Kier molecular flexibility index (Phi) is 7.79. The van der Waals surface area contributed by atoms with E-state index in [1.54, 1.807) is 0 Å². The van der Waals surface area contributed by atoms with Gasteiger partial charge in [0.2, 0.25) is 0 Å². The molecule has 2 aliphatic rings. The highest BCUT2D eigenvalue weighted by molar-refractivity contribution is 6.06. The van der Waals surface area contributed by atoms with Crippen LogP contribution in [0.25, 0.3) is 66.9 Å². The third-order valence-corrected chi connectivity index (χ3v) is 9.92. The molecule has 9 rings (SSSR count). The van der Waals surface area contributed by atoms with E-state index in [-0.39, 0.29) is 0 Å². The predicted molar refractivity (Wildman–Crippen MR) is 209 cm³/mol. The smallest absolute Gasteiger partial charge is 0.0781 e. The molecule has 238 valence electrons. The number of para-hydroxylation sites is 1. The number of pyridine rings is 2. The number of aliphatic imine (C=N–C) groups is 1. The number of rotatable bonds is 5. The van der Waals surface area contributed by atoms with Crippen LogP contribution in [0.5, 0.6) is 0 Å². The van der Waals surface area contributed by atoms with Crippen molar-refractivity contribution in [3.05, 3.63) is 175 Å². The maximum absolute atomic E-state index is 5.30. The number of fused-ring (bicyclic) bond motifs is 4. The van der Waals surface area contributed by atoms with Crippen LogP contribution in [0.3, 0.4) is 0 Å². The molecule has 3 nitrogen and oxygen atoms in total. The summed E-state index contributed by atoms with van der Waals surface area (Å²) in [5, 5.41) is 1.12. The Morgan fingerprint density at radius 2 is 1.14 bits per heavy atom. The zero-order valence-electron chi connectivity index (χ0n) is 27.7. The molecule has 1 aliphatic heterocycles. The van der Waals surface area contributed by atoms with Gasteiger partial charge in [-0.1, -0.05) is 140 Å². The second kappa shape index (κ2) is 13.0. The van der Waals surface area contributed by atoms with E-state index in [1.807, 2.05) is 12.1 Å². The number of hydrogen-bond acceptors (Lipinski definition) is 3. The highest BCUT2D eigenvalue weighted by Crippen LogP contribution is 2.42. The number of benzene rings is 5. The molecule has 0 saturated heterocycles. The van der Waals surface area contributed by atoms with Crippen LogP contribution in [0.4, 0.5) is 5.69 Å². The van der Waals surface area contributed by atoms with Crippen molar-refractivity contribution >= 4 is 22.3 Å². The van der Waals surface area contributed by atoms with Gasteiger partial charge in [0.05, 0.1) is 28.3 Å². The lowest BCUT2D eigenvalue weighted by Gasteiger charge is -2.26. The summed E-state index contributed by atoms with van der Waals surface area (Å²) in [5.41, 5.74) is 15.4. The number of nitrogens with zero attached hydrogens (tertiary/aromatic N) is 3. The van der Waals surface area contributed by atoms with Crippen molar-refractivity contribution in [1.82, 2.24) is 9.97 Å². The van der Waals surface area contributed by atoms with E-state index < -0.39 is 0 Å². The zero-order chi connectivity index (χ0) is 33.3. The van der Waals surface area contributed by atoms with Crippen LogP contribution in [0.15, 0.2) is 175 Å². The van der Waals surface area contributed by atoms with Crippen molar-refractivity contribution in [2.75, 3.05) is 0 Å². The second-order valence-electron chi connectivity index (χ2n) is 13.1. The number of aromatic nitrogens is 2. The van der Waals surface area contributed by atoms with Gasteiger partial charge in [0, 0.05) is 39.3 Å². The van der Waals surface area contributed by atoms with Crippen molar-refractivity contribution in [3.63, 3.8) is 0 Å². The van der Waals surface area contributed by atoms with E-state index in [4.69, 9.17) is 15.0 Å². The molecule has 0 N–H and O–H groups in total. The molecule has 5 aromatic carbocycles. The lowest BCUT2D eigenvalue weighted by atomic mass is 9.83. The summed E-state index contributed by atoms with van der Waals surface area (Å²) in [6.45, 7) is 0. The normalized spacial score (nSPS) is 16.4. The summed E-state index contributed by atoms with van der Waals surface area (Å²) < 4.78 is 0.